The van der Waals surface area contributed by atoms with Crippen molar-refractivity contribution < 1.29 is 0 Å². The molecule has 0 atom stereocenters. The zero-order valence-electron chi connectivity index (χ0n) is 9.12. The summed E-state index contributed by atoms with van der Waals surface area (Å²) in [4.78, 5) is 4.09. The molecule has 5 heteroatoms. The van der Waals surface area contributed by atoms with Crippen LogP contribution in [0.2, 0.25) is 15.1 Å². The fraction of sp³-hybridized carbons (Fsp3) is 0.0769. The summed E-state index contributed by atoms with van der Waals surface area (Å²) in [6.45, 7) is 0. The maximum Gasteiger partial charge on any atom is 0.0774 e. The Hall–Kier alpha value is -1.27. The minimum atomic E-state index is 0.240. The van der Waals surface area contributed by atoms with Gasteiger partial charge in [0, 0.05) is 16.8 Å². The van der Waals surface area contributed by atoms with E-state index in [4.69, 9.17) is 40.1 Å². The molecule has 90 valence electrons. The summed E-state index contributed by atoms with van der Waals surface area (Å²) < 4.78 is 0. The third kappa shape index (κ3) is 2.59. The van der Waals surface area contributed by atoms with E-state index in [1.54, 1.807) is 30.5 Å². The molecule has 0 saturated carbocycles. The number of halogens is 3. The van der Waals surface area contributed by atoms with Crippen LogP contribution in [0.3, 0.4) is 0 Å². The van der Waals surface area contributed by atoms with Gasteiger partial charge in [-0.2, -0.15) is 5.26 Å². The van der Waals surface area contributed by atoms with Crippen LogP contribution in [0.25, 0.3) is 11.1 Å². The van der Waals surface area contributed by atoms with Crippen LogP contribution in [0.1, 0.15) is 5.69 Å². The first-order chi connectivity index (χ1) is 8.63. The van der Waals surface area contributed by atoms with E-state index in [1.807, 2.05) is 6.07 Å². The van der Waals surface area contributed by atoms with E-state index in [0.29, 0.717) is 26.3 Å². The van der Waals surface area contributed by atoms with E-state index < -0.39 is 0 Å². The summed E-state index contributed by atoms with van der Waals surface area (Å²) in [5.41, 5.74) is 2.13. The number of pyridine rings is 1. The summed E-state index contributed by atoms with van der Waals surface area (Å²) in [6, 6.07) is 8.95. The van der Waals surface area contributed by atoms with Crippen LogP contribution in [-0.2, 0) is 6.42 Å². The van der Waals surface area contributed by atoms with E-state index in [1.165, 1.54) is 0 Å². The van der Waals surface area contributed by atoms with Crippen molar-refractivity contribution in [3.05, 3.63) is 51.2 Å². The monoisotopic (exact) mass is 296 g/mol. The van der Waals surface area contributed by atoms with Gasteiger partial charge in [0.1, 0.15) is 0 Å². The van der Waals surface area contributed by atoms with Gasteiger partial charge in [0.05, 0.1) is 28.2 Å². The number of benzene rings is 1. The average Bonchev–Trinajstić information content (AvgIpc) is 2.35. The number of aromatic nitrogens is 1. The van der Waals surface area contributed by atoms with Gasteiger partial charge in [0.15, 0.2) is 0 Å². The van der Waals surface area contributed by atoms with Crippen molar-refractivity contribution in [2.75, 3.05) is 0 Å². The highest BCUT2D eigenvalue weighted by Gasteiger charge is 2.12. The SMILES string of the molecule is N#CCc1cc(-c2c(Cl)ccc(Cl)c2Cl)ccn1. The normalized spacial score (nSPS) is 10.1. The molecule has 18 heavy (non-hydrogen) atoms. The molecule has 0 aliphatic rings. The minimum absolute atomic E-state index is 0.240. The van der Waals surface area contributed by atoms with Crippen LogP contribution in [0, 0.1) is 11.3 Å². The topological polar surface area (TPSA) is 36.7 Å². The lowest BCUT2D eigenvalue weighted by Gasteiger charge is -2.09. The van der Waals surface area contributed by atoms with Crippen LogP contribution in [-0.4, -0.2) is 4.98 Å². The second kappa shape index (κ2) is 5.58. The predicted octanol–water partition coefficient (Wildman–Crippen LogP) is 4.77. The molecule has 0 unspecified atom stereocenters. The zero-order chi connectivity index (χ0) is 13.1. The van der Waals surface area contributed by atoms with Gasteiger partial charge >= 0.3 is 0 Å². The van der Waals surface area contributed by atoms with E-state index >= 15 is 0 Å². The van der Waals surface area contributed by atoms with Crippen molar-refractivity contribution in [3.8, 4) is 17.2 Å². The van der Waals surface area contributed by atoms with E-state index in [2.05, 4.69) is 4.98 Å². The fourth-order valence-electron chi connectivity index (χ4n) is 1.60. The molecule has 1 aromatic carbocycles. The lowest BCUT2D eigenvalue weighted by atomic mass is 10.1. The summed E-state index contributed by atoms with van der Waals surface area (Å²) in [5, 5.41) is 10.0. The Morgan fingerprint density at radius 3 is 2.56 bits per heavy atom. The minimum Gasteiger partial charge on any atom is -0.260 e. The van der Waals surface area contributed by atoms with Gasteiger partial charge in [-0.1, -0.05) is 34.8 Å². The predicted molar refractivity (Wildman–Crippen MR) is 74.0 cm³/mol. The molecule has 0 aliphatic carbocycles. The lowest BCUT2D eigenvalue weighted by Crippen LogP contribution is -1.90. The molecule has 0 saturated heterocycles. The summed E-state index contributed by atoms with van der Waals surface area (Å²) in [5.74, 6) is 0. The van der Waals surface area contributed by atoms with Gasteiger partial charge in [-0.25, -0.2) is 0 Å². The molecule has 1 aromatic heterocycles. The molecule has 2 aromatic rings. The smallest absolute Gasteiger partial charge is 0.0774 e. The van der Waals surface area contributed by atoms with Crippen LogP contribution >= 0.6 is 34.8 Å². The Bertz CT molecular complexity index is 633. The summed E-state index contributed by atoms with van der Waals surface area (Å²) >= 11 is 18.3. The number of hydrogen-bond donors (Lipinski definition) is 0. The molecule has 1 heterocycles. The summed E-state index contributed by atoms with van der Waals surface area (Å²) in [7, 11) is 0. The molecular weight excluding hydrogens is 291 g/mol. The number of hydrogen-bond acceptors (Lipinski definition) is 2. The molecule has 2 rings (SSSR count). The van der Waals surface area contributed by atoms with Crippen molar-refractivity contribution in [1.82, 2.24) is 4.98 Å². The molecule has 0 aliphatic heterocycles. The van der Waals surface area contributed by atoms with Crippen molar-refractivity contribution >= 4 is 34.8 Å². The van der Waals surface area contributed by atoms with Crippen molar-refractivity contribution in [2.45, 2.75) is 6.42 Å². The highest BCUT2D eigenvalue weighted by molar-refractivity contribution is 6.46. The van der Waals surface area contributed by atoms with Crippen LogP contribution < -0.4 is 0 Å². The third-order valence-electron chi connectivity index (χ3n) is 2.41. The lowest BCUT2D eigenvalue weighted by molar-refractivity contribution is 1.12. The molecule has 0 spiro atoms. The van der Waals surface area contributed by atoms with E-state index in [-0.39, 0.29) is 6.42 Å². The molecule has 0 amide bonds. The van der Waals surface area contributed by atoms with Crippen LogP contribution in [0.4, 0.5) is 0 Å². The van der Waals surface area contributed by atoms with Crippen molar-refractivity contribution in [2.24, 2.45) is 0 Å². The standard InChI is InChI=1S/C13H7Cl3N2/c14-10-1-2-11(15)13(16)12(10)8-4-6-18-9(7-8)3-5-17/h1-2,4,6-7H,3H2. The molecule has 2 nitrogen and oxygen atoms in total. The first-order valence-electron chi connectivity index (χ1n) is 5.09. The van der Waals surface area contributed by atoms with Gasteiger partial charge in [-0.15, -0.1) is 0 Å². The molecular formula is C13H7Cl3N2. The second-order valence-corrected chi connectivity index (χ2v) is 4.78. The second-order valence-electron chi connectivity index (χ2n) is 3.59. The largest absolute Gasteiger partial charge is 0.260 e. The van der Waals surface area contributed by atoms with Gasteiger partial charge in [0.25, 0.3) is 0 Å². The Balaban J connectivity index is 2.59. The van der Waals surface area contributed by atoms with Crippen molar-refractivity contribution in [3.63, 3.8) is 0 Å². The fourth-order valence-corrected chi connectivity index (χ4v) is 2.35. The van der Waals surface area contributed by atoms with E-state index in [9.17, 15) is 0 Å². The number of rotatable bonds is 2. The first kappa shape index (κ1) is 13.2. The van der Waals surface area contributed by atoms with Gasteiger partial charge in [-0.05, 0) is 29.8 Å². The highest BCUT2D eigenvalue weighted by Crippen LogP contribution is 2.38. The average molecular weight is 298 g/mol. The quantitative estimate of drug-likeness (QED) is 0.748. The Labute approximate surface area is 120 Å². The maximum absolute atomic E-state index is 8.67. The van der Waals surface area contributed by atoms with Gasteiger partial charge < -0.3 is 0 Å². The van der Waals surface area contributed by atoms with E-state index in [0.717, 1.165) is 5.56 Å². The van der Waals surface area contributed by atoms with Crippen LogP contribution in [0.15, 0.2) is 30.5 Å². The maximum atomic E-state index is 8.67. The summed E-state index contributed by atoms with van der Waals surface area (Å²) in [6.07, 6.45) is 1.86. The Morgan fingerprint density at radius 2 is 1.83 bits per heavy atom. The Kier molecular flexibility index (Phi) is 4.08. The van der Waals surface area contributed by atoms with Crippen molar-refractivity contribution in [1.29, 1.82) is 5.26 Å². The van der Waals surface area contributed by atoms with Gasteiger partial charge in [0.2, 0.25) is 0 Å². The zero-order valence-corrected chi connectivity index (χ0v) is 11.4. The van der Waals surface area contributed by atoms with Gasteiger partial charge in [-0.3, -0.25) is 4.98 Å². The molecule has 0 radical (unpaired) electrons. The molecule has 0 bridgehead atoms. The van der Waals surface area contributed by atoms with Crippen LogP contribution in [0.5, 0.6) is 0 Å². The first-order valence-corrected chi connectivity index (χ1v) is 6.22. The Morgan fingerprint density at radius 1 is 1.11 bits per heavy atom. The molecule has 0 N–H and O–H groups in total. The number of nitrogens with zero attached hydrogens (tertiary/aromatic N) is 2. The molecule has 0 fully saturated rings. The third-order valence-corrected chi connectivity index (χ3v) is 3.53. The highest BCUT2D eigenvalue weighted by atomic mass is 35.5. The number of nitriles is 1.